The number of nitrogens with two attached hydrogens (primary N) is 1. The molecule has 1 fully saturated rings. The zero-order chi connectivity index (χ0) is 16.2. The van der Waals surface area contributed by atoms with Gasteiger partial charge in [-0.25, -0.2) is 18.4 Å². The molecular weight excluding hydrogens is 304 g/mol. The highest BCUT2D eigenvalue weighted by molar-refractivity contribution is 7.89. The van der Waals surface area contributed by atoms with Crippen LogP contribution in [0.25, 0.3) is 0 Å². The van der Waals surface area contributed by atoms with E-state index in [4.69, 9.17) is 9.88 Å². The van der Waals surface area contributed by atoms with Gasteiger partial charge in [0, 0.05) is 6.54 Å². The molecule has 1 aromatic carbocycles. The molecule has 0 unspecified atom stereocenters. The van der Waals surface area contributed by atoms with Crippen LogP contribution in [-0.4, -0.2) is 44.2 Å². The monoisotopic (exact) mass is 326 g/mol. The lowest BCUT2D eigenvalue weighted by molar-refractivity contribution is -0.150. The lowest BCUT2D eigenvalue weighted by atomic mass is 10.0. The highest BCUT2D eigenvalue weighted by atomic mass is 32.2. The molecule has 1 heterocycles. The van der Waals surface area contributed by atoms with E-state index in [1.165, 1.54) is 0 Å². The molecule has 2 rings (SSSR count). The van der Waals surface area contributed by atoms with E-state index in [0.717, 1.165) is 5.56 Å². The summed E-state index contributed by atoms with van der Waals surface area (Å²) in [5.41, 5.74) is 0.802. The third-order valence-electron chi connectivity index (χ3n) is 3.86. The number of ether oxygens (including phenoxy) is 1. The van der Waals surface area contributed by atoms with Gasteiger partial charge in [0.25, 0.3) is 0 Å². The second-order valence-corrected chi connectivity index (χ2v) is 7.26. The minimum Gasteiger partial charge on any atom is -0.465 e. The van der Waals surface area contributed by atoms with Crippen LogP contribution in [-0.2, 0) is 19.6 Å². The van der Waals surface area contributed by atoms with Crippen LogP contribution in [0.2, 0.25) is 0 Å². The number of piperidine rings is 1. The molecule has 0 aliphatic carbocycles. The molecular formula is C15H22N2O4S. The lowest BCUT2D eigenvalue weighted by Crippen LogP contribution is -2.48. The SMILES string of the molecule is CCOC(=O)[C@H](c1ccccc1)N1CCC[C@H](S(N)(=O)=O)C1. The van der Waals surface area contributed by atoms with E-state index in [-0.39, 0.29) is 19.1 Å². The van der Waals surface area contributed by atoms with E-state index >= 15 is 0 Å². The summed E-state index contributed by atoms with van der Waals surface area (Å²) in [5.74, 6) is -0.358. The number of hydrogen-bond acceptors (Lipinski definition) is 5. The van der Waals surface area contributed by atoms with Gasteiger partial charge in [-0.2, -0.15) is 0 Å². The first-order chi connectivity index (χ1) is 10.4. The number of benzene rings is 1. The van der Waals surface area contributed by atoms with Crippen LogP contribution in [0.4, 0.5) is 0 Å². The second kappa shape index (κ2) is 7.21. The normalized spacial score (nSPS) is 21.3. The highest BCUT2D eigenvalue weighted by Crippen LogP contribution is 2.27. The molecule has 0 aromatic heterocycles. The molecule has 0 saturated carbocycles. The molecule has 0 spiro atoms. The van der Waals surface area contributed by atoms with Crippen LogP contribution < -0.4 is 5.14 Å². The Kier molecular flexibility index (Phi) is 5.55. The molecule has 1 aromatic rings. The number of rotatable bonds is 5. The van der Waals surface area contributed by atoms with E-state index in [1.807, 2.05) is 35.2 Å². The van der Waals surface area contributed by atoms with Gasteiger partial charge in [-0.1, -0.05) is 30.3 Å². The summed E-state index contributed by atoms with van der Waals surface area (Å²) in [6.45, 7) is 2.93. The second-order valence-electron chi connectivity index (χ2n) is 5.41. The maximum Gasteiger partial charge on any atom is 0.327 e. The number of likely N-dealkylation sites (tertiary alicyclic amines) is 1. The van der Waals surface area contributed by atoms with Crippen molar-refractivity contribution in [3.63, 3.8) is 0 Å². The number of carbonyl (C=O) groups excluding carboxylic acids is 1. The Labute approximate surface area is 131 Å². The van der Waals surface area contributed by atoms with Crippen LogP contribution in [0.3, 0.4) is 0 Å². The molecule has 0 amide bonds. The number of nitrogens with zero attached hydrogens (tertiary/aromatic N) is 1. The summed E-state index contributed by atoms with van der Waals surface area (Å²) >= 11 is 0. The summed E-state index contributed by atoms with van der Waals surface area (Å²) in [6, 6.07) is 8.68. The first kappa shape index (κ1) is 16.9. The molecule has 6 nitrogen and oxygen atoms in total. The van der Waals surface area contributed by atoms with Crippen molar-refractivity contribution in [2.24, 2.45) is 5.14 Å². The molecule has 7 heteroatoms. The number of sulfonamides is 1. The maximum atomic E-state index is 12.4. The minimum absolute atomic E-state index is 0.247. The van der Waals surface area contributed by atoms with Crippen LogP contribution in [0, 0.1) is 0 Å². The Bertz CT molecular complexity index is 603. The van der Waals surface area contributed by atoms with E-state index in [0.29, 0.717) is 19.4 Å². The average molecular weight is 326 g/mol. The quantitative estimate of drug-likeness (QED) is 0.817. The summed E-state index contributed by atoms with van der Waals surface area (Å²) in [7, 11) is -3.61. The molecule has 1 aliphatic heterocycles. The summed E-state index contributed by atoms with van der Waals surface area (Å²) in [5, 5.41) is 4.64. The predicted octanol–water partition coefficient (Wildman–Crippen LogP) is 1.04. The van der Waals surface area contributed by atoms with Gasteiger partial charge in [0.15, 0.2) is 0 Å². The fourth-order valence-corrected chi connectivity index (χ4v) is 3.72. The van der Waals surface area contributed by atoms with Gasteiger partial charge in [-0.05, 0) is 31.9 Å². The van der Waals surface area contributed by atoms with Crippen molar-refractivity contribution in [3.05, 3.63) is 35.9 Å². The Morgan fingerprint density at radius 3 is 2.68 bits per heavy atom. The molecule has 0 bridgehead atoms. The average Bonchev–Trinajstić information content (AvgIpc) is 2.48. The van der Waals surface area contributed by atoms with Crippen LogP contribution in [0.1, 0.15) is 31.4 Å². The van der Waals surface area contributed by atoms with Gasteiger partial charge in [0.05, 0.1) is 11.9 Å². The third kappa shape index (κ3) is 4.06. The Balaban J connectivity index is 2.27. The van der Waals surface area contributed by atoms with Crippen molar-refractivity contribution in [2.45, 2.75) is 31.1 Å². The fraction of sp³-hybridized carbons (Fsp3) is 0.533. The molecule has 1 saturated heterocycles. The zero-order valence-corrected chi connectivity index (χ0v) is 13.5. The molecule has 0 radical (unpaired) electrons. The largest absolute Gasteiger partial charge is 0.465 e. The van der Waals surface area contributed by atoms with Gasteiger partial charge >= 0.3 is 5.97 Å². The number of esters is 1. The van der Waals surface area contributed by atoms with Gasteiger partial charge in [0.1, 0.15) is 6.04 Å². The van der Waals surface area contributed by atoms with Crippen LogP contribution in [0.15, 0.2) is 30.3 Å². The van der Waals surface area contributed by atoms with Gasteiger partial charge in [-0.3, -0.25) is 4.90 Å². The smallest absolute Gasteiger partial charge is 0.327 e. The molecule has 122 valence electrons. The topological polar surface area (TPSA) is 89.7 Å². The van der Waals surface area contributed by atoms with Gasteiger partial charge in [0.2, 0.25) is 10.0 Å². The summed E-state index contributed by atoms with van der Waals surface area (Å²) in [4.78, 5) is 14.2. The highest BCUT2D eigenvalue weighted by Gasteiger charge is 2.36. The van der Waals surface area contributed by atoms with E-state index < -0.39 is 21.3 Å². The maximum absolute atomic E-state index is 12.4. The van der Waals surface area contributed by atoms with Crippen molar-refractivity contribution in [2.75, 3.05) is 19.7 Å². The van der Waals surface area contributed by atoms with Crippen molar-refractivity contribution >= 4 is 16.0 Å². The molecule has 22 heavy (non-hydrogen) atoms. The van der Waals surface area contributed by atoms with E-state index in [1.54, 1.807) is 6.92 Å². The summed E-state index contributed by atoms with van der Waals surface area (Å²) in [6.07, 6.45) is 1.21. The Morgan fingerprint density at radius 1 is 1.41 bits per heavy atom. The van der Waals surface area contributed by atoms with Crippen molar-refractivity contribution < 1.29 is 17.9 Å². The van der Waals surface area contributed by atoms with E-state index in [2.05, 4.69) is 0 Å². The van der Waals surface area contributed by atoms with Gasteiger partial charge in [-0.15, -0.1) is 0 Å². The molecule has 1 aliphatic rings. The van der Waals surface area contributed by atoms with E-state index in [9.17, 15) is 13.2 Å². The van der Waals surface area contributed by atoms with Gasteiger partial charge < -0.3 is 4.74 Å². The minimum atomic E-state index is -3.61. The fourth-order valence-electron chi connectivity index (χ4n) is 2.82. The van der Waals surface area contributed by atoms with Crippen molar-refractivity contribution in [3.8, 4) is 0 Å². The standard InChI is InChI=1S/C15H22N2O4S/c1-2-21-15(18)14(12-7-4-3-5-8-12)17-10-6-9-13(11-17)22(16,19)20/h3-5,7-8,13-14H,2,6,9-11H2,1H3,(H2,16,19,20)/t13-,14-/m0/s1. The Morgan fingerprint density at radius 2 is 2.09 bits per heavy atom. The molecule has 2 N–H and O–H groups in total. The van der Waals surface area contributed by atoms with Crippen LogP contribution >= 0.6 is 0 Å². The molecule has 2 atom stereocenters. The Hall–Kier alpha value is -1.44. The summed E-state index contributed by atoms with van der Waals surface area (Å²) < 4.78 is 28.4. The first-order valence-electron chi connectivity index (χ1n) is 7.40. The van der Waals surface area contributed by atoms with Crippen LogP contribution in [0.5, 0.6) is 0 Å². The first-order valence-corrected chi connectivity index (χ1v) is 9.01. The lowest BCUT2D eigenvalue weighted by Gasteiger charge is -2.36. The predicted molar refractivity (Wildman–Crippen MR) is 83.5 cm³/mol. The number of hydrogen-bond donors (Lipinski definition) is 1. The van der Waals surface area contributed by atoms with Crippen molar-refractivity contribution in [1.82, 2.24) is 4.90 Å². The number of carbonyl (C=O) groups is 1. The van der Waals surface area contributed by atoms with Crippen molar-refractivity contribution in [1.29, 1.82) is 0 Å². The third-order valence-corrected chi connectivity index (χ3v) is 5.18. The zero-order valence-electron chi connectivity index (χ0n) is 12.6. The number of primary sulfonamides is 1.